The van der Waals surface area contributed by atoms with Gasteiger partial charge in [0.15, 0.2) is 0 Å². The van der Waals surface area contributed by atoms with Crippen LogP contribution in [0, 0.1) is 11.3 Å². The first kappa shape index (κ1) is 12.8. The van der Waals surface area contributed by atoms with Gasteiger partial charge in [0.25, 0.3) is 6.43 Å². The topological polar surface area (TPSA) is 83.2 Å². The van der Waals surface area contributed by atoms with E-state index in [-0.39, 0.29) is 11.4 Å². The first-order valence-corrected chi connectivity index (χ1v) is 4.47. The Morgan fingerprint density at radius 2 is 2.35 bits per heavy atom. The number of pyridine rings is 1. The summed E-state index contributed by atoms with van der Waals surface area (Å²) in [7, 11) is 1.22. The molecule has 0 radical (unpaired) electrons. The fraction of sp³-hybridized carbons (Fsp3) is 0.300. The lowest BCUT2D eigenvalue weighted by Gasteiger charge is -2.10. The van der Waals surface area contributed by atoms with Crippen molar-refractivity contribution in [2.24, 2.45) is 0 Å². The molecule has 0 amide bonds. The second-order valence-corrected chi connectivity index (χ2v) is 3.06. The van der Waals surface area contributed by atoms with Crippen LogP contribution in [-0.2, 0) is 11.2 Å². The maximum Gasteiger partial charge on any atom is 0.308 e. The molecule has 0 saturated heterocycles. The molecule has 17 heavy (non-hydrogen) atoms. The molecular formula is C10H8F2N2O3. The Bertz CT molecular complexity index is 483. The fourth-order valence-electron chi connectivity index (χ4n) is 1.34. The van der Waals surface area contributed by atoms with Crippen LogP contribution in [-0.4, -0.2) is 23.2 Å². The highest BCUT2D eigenvalue weighted by atomic mass is 19.3. The number of methoxy groups -OCH3 is 1. The van der Waals surface area contributed by atoms with Crippen LogP contribution < -0.4 is 4.74 Å². The number of halogens is 2. The minimum atomic E-state index is -2.89. The van der Waals surface area contributed by atoms with Gasteiger partial charge in [-0.15, -0.1) is 0 Å². The molecule has 1 aromatic rings. The Morgan fingerprint density at radius 1 is 1.71 bits per heavy atom. The fourth-order valence-corrected chi connectivity index (χ4v) is 1.34. The highest BCUT2D eigenvalue weighted by molar-refractivity contribution is 5.72. The minimum absolute atomic E-state index is 0.131. The van der Waals surface area contributed by atoms with E-state index >= 15 is 0 Å². The molecule has 1 rings (SSSR count). The van der Waals surface area contributed by atoms with Crippen LogP contribution in [0.1, 0.15) is 23.1 Å². The van der Waals surface area contributed by atoms with Crippen molar-refractivity contribution >= 4 is 5.97 Å². The summed E-state index contributed by atoms with van der Waals surface area (Å²) in [6.45, 7) is 0. The molecule has 0 aromatic carbocycles. The van der Waals surface area contributed by atoms with Crippen LogP contribution in [0.4, 0.5) is 8.78 Å². The van der Waals surface area contributed by atoms with Crippen molar-refractivity contribution in [3.63, 3.8) is 0 Å². The number of alkyl halides is 2. The van der Waals surface area contributed by atoms with Crippen molar-refractivity contribution in [1.29, 1.82) is 5.26 Å². The number of ether oxygens (including phenoxy) is 1. The van der Waals surface area contributed by atoms with Gasteiger partial charge in [0.1, 0.15) is 6.07 Å². The number of nitrogens with zero attached hydrogens (tertiary/aromatic N) is 2. The van der Waals surface area contributed by atoms with E-state index < -0.39 is 29.9 Å². The molecule has 0 fully saturated rings. The van der Waals surface area contributed by atoms with Crippen LogP contribution in [0.25, 0.3) is 0 Å². The van der Waals surface area contributed by atoms with Crippen LogP contribution in [0.2, 0.25) is 0 Å². The largest absolute Gasteiger partial charge is 0.481 e. The van der Waals surface area contributed by atoms with Crippen molar-refractivity contribution in [3.8, 4) is 11.9 Å². The smallest absolute Gasteiger partial charge is 0.308 e. The number of carboxylic acid groups (broad SMARTS) is 1. The van der Waals surface area contributed by atoms with Crippen molar-refractivity contribution in [2.45, 2.75) is 12.8 Å². The summed E-state index contributed by atoms with van der Waals surface area (Å²) < 4.78 is 29.9. The van der Waals surface area contributed by atoms with Crippen molar-refractivity contribution < 1.29 is 23.4 Å². The molecule has 0 unspecified atom stereocenters. The number of nitriles is 1. The van der Waals surface area contributed by atoms with Crippen LogP contribution >= 0.6 is 0 Å². The monoisotopic (exact) mass is 242 g/mol. The van der Waals surface area contributed by atoms with E-state index in [4.69, 9.17) is 15.1 Å². The molecule has 0 aliphatic carbocycles. The van der Waals surface area contributed by atoms with E-state index in [1.165, 1.54) is 7.11 Å². The van der Waals surface area contributed by atoms with Gasteiger partial charge in [-0.2, -0.15) is 5.26 Å². The average Bonchev–Trinajstić information content (AvgIpc) is 2.27. The quantitative estimate of drug-likeness (QED) is 0.865. The zero-order valence-corrected chi connectivity index (χ0v) is 8.78. The van der Waals surface area contributed by atoms with E-state index in [2.05, 4.69) is 4.98 Å². The third-order valence-electron chi connectivity index (χ3n) is 2.04. The zero-order chi connectivity index (χ0) is 13.0. The molecular weight excluding hydrogens is 234 g/mol. The number of carboxylic acids is 1. The van der Waals surface area contributed by atoms with Gasteiger partial charge in [-0.1, -0.05) is 0 Å². The predicted octanol–water partition coefficient (Wildman–Crippen LogP) is 1.53. The lowest BCUT2D eigenvalue weighted by atomic mass is 10.0. The Balaban J connectivity index is 3.44. The number of aliphatic carboxylic acids is 1. The number of rotatable bonds is 4. The average molecular weight is 242 g/mol. The standard InChI is InChI=1S/C10H8F2N2O3/c1-17-10-5(2-8(15)16)6(3-13)7(4-14-10)9(11)12/h4,9H,2H2,1H3,(H,15,16). The summed E-state index contributed by atoms with van der Waals surface area (Å²) in [5.41, 5.74) is -1.13. The van der Waals surface area contributed by atoms with Gasteiger partial charge in [0.2, 0.25) is 5.88 Å². The molecule has 1 aromatic heterocycles. The number of hydrogen-bond acceptors (Lipinski definition) is 4. The Labute approximate surface area is 95.3 Å². The summed E-state index contributed by atoms with van der Waals surface area (Å²) in [5.74, 6) is -1.39. The first-order chi connectivity index (χ1) is 8.01. The van der Waals surface area contributed by atoms with Gasteiger partial charge in [-0.05, 0) is 0 Å². The highest BCUT2D eigenvalue weighted by Gasteiger charge is 2.22. The molecule has 0 bridgehead atoms. The van der Waals surface area contributed by atoms with Gasteiger partial charge in [-0.25, -0.2) is 13.8 Å². The first-order valence-electron chi connectivity index (χ1n) is 4.47. The number of carbonyl (C=O) groups is 1. The van der Waals surface area contributed by atoms with Gasteiger partial charge >= 0.3 is 5.97 Å². The molecule has 0 aliphatic rings. The predicted molar refractivity (Wildman–Crippen MR) is 51.8 cm³/mol. The van der Waals surface area contributed by atoms with Crippen LogP contribution in [0.15, 0.2) is 6.20 Å². The molecule has 90 valence electrons. The van der Waals surface area contributed by atoms with Crippen molar-refractivity contribution in [3.05, 3.63) is 22.9 Å². The summed E-state index contributed by atoms with van der Waals surface area (Å²) in [4.78, 5) is 14.2. The molecule has 7 heteroatoms. The lowest BCUT2D eigenvalue weighted by molar-refractivity contribution is -0.136. The SMILES string of the molecule is COc1ncc(C(F)F)c(C#N)c1CC(=O)O. The molecule has 1 heterocycles. The maximum absolute atomic E-state index is 12.6. The Morgan fingerprint density at radius 3 is 2.76 bits per heavy atom. The summed E-state index contributed by atoms with van der Waals surface area (Å²) in [5, 5.41) is 17.5. The normalized spacial score (nSPS) is 10.1. The van der Waals surface area contributed by atoms with Crippen LogP contribution in [0.3, 0.4) is 0 Å². The summed E-state index contributed by atoms with van der Waals surface area (Å²) >= 11 is 0. The molecule has 0 aliphatic heterocycles. The van der Waals surface area contributed by atoms with Crippen molar-refractivity contribution in [2.75, 3.05) is 7.11 Å². The number of aromatic nitrogens is 1. The van der Waals surface area contributed by atoms with Crippen molar-refractivity contribution in [1.82, 2.24) is 4.98 Å². The third-order valence-corrected chi connectivity index (χ3v) is 2.04. The van der Waals surface area contributed by atoms with E-state index in [1.54, 1.807) is 6.07 Å². The Hall–Kier alpha value is -2.23. The third kappa shape index (κ3) is 2.66. The Kier molecular flexibility index (Phi) is 3.93. The zero-order valence-electron chi connectivity index (χ0n) is 8.78. The second-order valence-electron chi connectivity index (χ2n) is 3.06. The van der Waals surface area contributed by atoms with E-state index in [0.29, 0.717) is 0 Å². The molecule has 5 nitrogen and oxygen atoms in total. The van der Waals surface area contributed by atoms with Gasteiger partial charge in [0.05, 0.1) is 24.7 Å². The molecule has 1 N–H and O–H groups in total. The van der Waals surface area contributed by atoms with Gasteiger partial charge in [-0.3, -0.25) is 4.79 Å². The molecule has 0 atom stereocenters. The number of hydrogen-bond donors (Lipinski definition) is 1. The second kappa shape index (κ2) is 5.21. The van der Waals surface area contributed by atoms with Gasteiger partial charge < -0.3 is 9.84 Å². The lowest BCUT2D eigenvalue weighted by Crippen LogP contribution is -2.08. The van der Waals surface area contributed by atoms with Gasteiger partial charge in [0, 0.05) is 11.8 Å². The van der Waals surface area contributed by atoms with E-state index in [9.17, 15) is 13.6 Å². The van der Waals surface area contributed by atoms with E-state index in [1.807, 2.05) is 0 Å². The summed E-state index contributed by atoms with van der Waals surface area (Å²) in [6, 6.07) is 1.56. The summed E-state index contributed by atoms with van der Waals surface area (Å²) in [6.07, 6.45) is -2.68. The highest BCUT2D eigenvalue weighted by Crippen LogP contribution is 2.29. The maximum atomic E-state index is 12.6. The van der Waals surface area contributed by atoms with E-state index in [0.717, 1.165) is 6.20 Å². The molecule has 0 saturated carbocycles. The van der Waals surface area contributed by atoms with Crippen LogP contribution in [0.5, 0.6) is 5.88 Å². The molecule has 0 spiro atoms. The minimum Gasteiger partial charge on any atom is -0.481 e.